The first-order valence-corrected chi connectivity index (χ1v) is 7.58. The highest BCUT2D eigenvalue weighted by atomic mass is 19.4. The van der Waals surface area contributed by atoms with E-state index in [2.05, 4.69) is 17.0 Å². The summed E-state index contributed by atoms with van der Waals surface area (Å²) in [6, 6.07) is 0. The maximum absolute atomic E-state index is 12.7. The number of ether oxygens (including phenoxy) is 2. The summed E-state index contributed by atoms with van der Waals surface area (Å²) in [7, 11) is 0.967. The zero-order valence-electron chi connectivity index (χ0n) is 14.9. The number of carbonyl (C=O) groups excluding carboxylic acids is 3. The zero-order chi connectivity index (χ0) is 20.3. The molecule has 1 aliphatic rings. The maximum atomic E-state index is 12.7. The van der Waals surface area contributed by atoms with Gasteiger partial charge in [0, 0.05) is 12.5 Å². The van der Waals surface area contributed by atoms with E-state index in [4.69, 9.17) is 4.74 Å². The quantitative estimate of drug-likeness (QED) is 0.598. The number of likely N-dealkylation sites (tertiary alicyclic amines) is 1. The van der Waals surface area contributed by atoms with E-state index in [1.54, 1.807) is 26.1 Å². The molecule has 0 aromatic carbocycles. The fourth-order valence-electron chi connectivity index (χ4n) is 2.53. The molecule has 0 aromatic rings. The molecule has 0 spiro atoms. The Bertz CT molecular complexity index is 635. The molecule has 1 aliphatic heterocycles. The fraction of sp³-hybridized carbons (Fsp3) is 0.625. The van der Waals surface area contributed by atoms with Gasteiger partial charge in [-0.25, -0.2) is 9.59 Å². The number of hydrogen-bond acceptors (Lipinski definition) is 5. The van der Waals surface area contributed by atoms with Crippen LogP contribution in [0.25, 0.3) is 0 Å². The second-order valence-corrected chi connectivity index (χ2v) is 6.75. The van der Waals surface area contributed by atoms with Crippen LogP contribution >= 0.6 is 0 Å². The first-order chi connectivity index (χ1) is 11.8. The molecule has 10 heteroatoms. The Kier molecular flexibility index (Phi) is 6.14. The van der Waals surface area contributed by atoms with Gasteiger partial charge in [-0.05, 0) is 26.8 Å². The van der Waals surface area contributed by atoms with Gasteiger partial charge < -0.3 is 19.7 Å². The molecule has 0 radical (unpaired) electrons. The van der Waals surface area contributed by atoms with Crippen molar-refractivity contribution in [2.75, 3.05) is 20.2 Å². The highest BCUT2D eigenvalue weighted by Crippen LogP contribution is 2.32. The van der Waals surface area contributed by atoms with Crippen LogP contribution in [0.4, 0.5) is 18.0 Å². The van der Waals surface area contributed by atoms with Crippen LogP contribution in [0.2, 0.25) is 0 Å². The molecule has 1 N–H and O–H groups in total. The molecule has 2 amide bonds. The number of nitrogens with zero attached hydrogens (tertiary/aromatic N) is 1. The molecule has 0 aliphatic carbocycles. The van der Waals surface area contributed by atoms with Gasteiger partial charge in [0.05, 0.1) is 13.7 Å². The molecule has 1 fully saturated rings. The summed E-state index contributed by atoms with van der Waals surface area (Å²) in [6.07, 6.45) is -4.85. The lowest BCUT2D eigenvalue weighted by atomic mass is 9.86. The Morgan fingerprint density at radius 3 is 2.31 bits per heavy atom. The van der Waals surface area contributed by atoms with Crippen LogP contribution in [0.15, 0.2) is 18.4 Å². The minimum absolute atomic E-state index is 0.190. The van der Waals surface area contributed by atoms with E-state index in [1.807, 2.05) is 0 Å². The van der Waals surface area contributed by atoms with Gasteiger partial charge in [0.25, 0.3) is 0 Å². The number of halogens is 3. The lowest BCUT2D eigenvalue weighted by molar-refractivity contribution is -0.178. The number of carbonyl (C=O) groups is 3. The number of esters is 1. The second-order valence-electron chi connectivity index (χ2n) is 6.75. The summed E-state index contributed by atoms with van der Waals surface area (Å²) in [5.74, 6) is -4.49. The van der Waals surface area contributed by atoms with Gasteiger partial charge in [-0.1, -0.05) is 6.58 Å². The lowest BCUT2D eigenvalue weighted by Crippen LogP contribution is -2.62. The molecule has 146 valence electrons. The normalized spacial score (nSPS) is 23.0. The number of nitrogens with one attached hydrogen (secondary N) is 1. The van der Waals surface area contributed by atoms with Gasteiger partial charge in [0.1, 0.15) is 5.60 Å². The molecule has 0 bridgehead atoms. The molecule has 0 saturated carbocycles. The van der Waals surface area contributed by atoms with Crippen molar-refractivity contribution < 1.29 is 37.0 Å². The van der Waals surface area contributed by atoms with Crippen molar-refractivity contribution in [3.05, 3.63) is 18.4 Å². The monoisotopic (exact) mass is 378 g/mol. The molecule has 2 atom stereocenters. The minimum atomic E-state index is -5.22. The van der Waals surface area contributed by atoms with Crippen LogP contribution in [-0.2, 0) is 19.1 Å². The topological polar surface area (TPSA) is 84.9 Å². The van der Waals surface area contributed by atoms with Gasteiger partial charge in [0.2, 0.25) is 0 Å². The molecule has 7 nitrogen and oxygen atoms in total. The summed E-state index contributed by atoms with van der Waals surface area (Å²) in [5, 5.41) is 1.68. The molecule has 1 heterocycles. The zero-order valence-corrected chi connectivity index (χ0v) is 14.9. The van der Waals surface area contributed by atoms with E-state index in [0.29, 0.717) is 0 Å². The Balaban J connectivity index is 3.27. The summed E-state index contributed by atoms with van der Waals surface area (Å²) in [6.45, 7) is 7.42. The number of alkyl halides is 3. The number of methoxy groups -OCH3 is 1. The average molecular weight is 378 g/mol. The van der Waals surface area contributed by atoms with Crippen LogP contribution in [-0.4, -0.2) is 60.4 Å². The molecule has 0 unspecified atom stereocenters. The number of hydrogen-bond donors (Lipinski definition) is 1. The average Bonchev–Trinajstić information content (AvgIpc) is 2.84. The van der Waals surface area contributed by atoms with Gasteiger partial charge in [-0.3, -0.25) is 4.79 Å². The van der Waals surface area contributed by atoms with Gasteiger partial charge >= 0.3 is 24.1 Å². The summed E-state index contributed by atoms with van der Waals surface area (Å²) in [5.41, 5.74) is -0.622. The highest BCUT2D eigenvalue weighted by molar-refractivity contribution is 5.92. The highest BCUT2D eigenvalue weighted by Gasteiger charge is 2.57. The van der Waals surface area contributed by atoms with Gasteiger partial charge in [-0.15, -0.1) is 5.73 Å². The Hall–Kier alpha value is -2.48. The maximum Gasteiger partial charge on any atom is 0.471 e. The van der Waals surface area contributed by atoms with Crippen molar-refractivity contribution in [1.82, 2.24) is 10.2 Å². The third-order valence-electron chi connectivity index (χ3n) is 3.60. The molecule has 0 aromatic heterocycles. The summed E-state index contributed by atoms with van der Waals surface area (Å²) in [4.78, 5) is 37.0. The standard InChI is InChI=1S/C16H21F3N2O5/c1-6-7-10-8-21(13(24)26-14(2,3)4)9-15(10,12(23)25-5)20-11(22)16(17,18)19/h7,10H,1,8-9H2,2-5H3,(H,20,22)/t10-,15-/m0/s1. The van der Waals surface area contributed by atoms with E-state index < -0.39 is 47.7 Å². The van der Waals surface area contributed by atoms with E-state index in [0.717, 1.165) is 12.0 Å². The molecule has 1 saturated heterocycles. The molecule has 1 rings (SSSR count). The minimum Gasteiger partial charge on any atom is -0.467 e. The van der Waals surface area contributed by atoms with Crippen LogP contribution in [0.1, 0.15) is 20.8 Å². The lowest BCUT2D eigenvalue weighted by Gasteiger charge is -2.31. The van der Waals surface area contributed by atoms with Crippen LogP contribution in [0.5, 0.6) is 0 Å². The van der Waals surface area contributed by atoms with E-state index in [9.17, 15) is 27.6 Å². The smallest absolute Gasteiger partial charge is 0.467 e. The van der Waals surface area contributed by atoms with Crippen molar-refractivity contribution in [3.8, 4) is 0 Å². The number of rotatable bonds is 3. The van der Waals surface area contributed by atoms with Gasteiger partial charge in [-0.2, -0.15) is 13.2 Å². The van der Waals surface area contributed by atoms with Crippen molar-refractivity contribution in [1.29, 1.82) is 0 Å². The SMILES string of the molecule is C=C=C[C@H]1CN(C(=O)OC(C)(C)C)C[C@@]1(NC(=O)C(F)(F)F)C(=O)OC. The molecular weight excluding hydrogens is 357 g/mol. The first kappa shape index (κ1) is 21.6. The van der Waals surface area contributed by atoms with Crippen molar-refractivity contribution in [2.24, 2.45) is 5.92 Å². The van der Waals surface area contributed by atoms with E-state index >= 15 is 0 Å². The van der Waals surface area contributed by atoms with Crippen LogP contribution < -0.4 is 5.32 Å². The largest absolute Gasteiger partial charge is 0.471 e. The van der Waals surface area contributed by atoms with Crippen LogP contribution in [0.3, 0.4) is 0 Å². The second kappa shape index (κ2) is 7.41. The number of amides is 2. The fourth-order valence-corrected chi connectivity index (χ4v) is 2.53. The molecular formula is C16H21F3N2O5. The third kappa shape index (κ3) is 4.78. The van der Waals surface area contributed by atoms with Gasteiger partial charge in [0.15, 0.2) is 5.54 Å². The third-order valence-corrected chi connectivity index (χ3v) is 3.60. The Morgan fingerprint density at radius 2 is 1.88 bits per heavy atom. The van der Waals surface area contributed by atoms with E-state index in [-0.39, 0.29) is 6.54 Å². The predicted octanol–water partition coefficient (Wildman–Crippen LogP) is 1.78. The predicted molar refractivity (Wildman–Crippen MR) is 84.0 cm³/mol. The molecule has 26 heavy (non-hydrogen) atoms. The summed E-state index contributed by atoms with van der Waals surface area (Å²) >= 11 is 0. The first-order valence-electron chi connectivity index (χ1n) is 7.58. The van der Waals surface area contributed by atoms with Crippen molar-refractivity contribution in [3.63, 3.8) is 0 Å². The van der Waals surface area contributed by atoms with Crippen molar-refractivity contribution in [2.45, 2.75) is 38.1 Å². The summed E-state index contributed by atoms with van der Waals surface area (Å²) < 4.78 is 47.9. The Morgan fingerprint density at radius 1 is 1.31 bits per heavy atom. The van der Waals surface area contributed by atoms with Crippen molar-refractivity contribution >= 4 is 18.0 Å². The van der Waals surface area contributed by atoms with Crippen LogP contribution in [0, 0.1) is 5.92 Å². The van der Waals surface area contributed by atoms with E-state index in [1.165, 1.54) is 6.08 Å². The Labute approximate surface area is 148 Å².